The van der Waals surface area contributed by atoms with Crippen LogP contribution in [-0.2, 0) is 6.54 Å². The maximum absolute atomic E-state index is 14.4. The van der Waals surface area contributed by atoms with Crippen LogP contribution in [-0.4, -0.2) is 38.5 Å². The number of halogens is 1. The van der Waals surface area contributed by atoms with E-state index in [0.29, 0.717) is 17.4 Å². The van der Waals surface area contributed by atoms with Gasteiger partial charge in [0.05, 0.1) is 11.8 Å². The third kappa shape index (κ3) is 5.33. The molecular weight excluding hydrogens is 445 g/mol. The van der Waals surface area contributed by atoms with Crippen molar-refractivity contribution in [2.75, 3.05) is 12.0 Å². The Bertz CT molecular complexity index is 1100. The number of nitrogen functional groups attached to an aromatic ring is 1. The predicted octanol–water partition coefficient (Wildman–Crippen LogP) is 5.22. The average molecular weight is 472 g/mol. The van der Waals surface area contributed by atoms with E-state index >= 15 is 0 Å². The van der Waals surface area contributed by atoms with E-state index in [2.05, 4.69) is 15.2 Å². The highest BCUT2D eigenvalue weighted by Crippen LogP contribution is 2.43. The Morgan fingerprint density at radius 3 is 2.73 bits per heavy atom. The molecule has 2 N–H and O–H groups in total. The number of rotatable bonds is 5. The van der Waals surface area contributed by atoms with Crippen molar-refractivity contribution in [2.45, 2.75) is 38.6 Å². The number of amides is 1. The topological polar surface area (TPSA) is 103 Å². The van der Waals surface area contributed by atoms with Gasteiger partial charge in [0.1, 0.15) is 11.5 Å². The standard InChI is InChI=1S/C21H20FN5O3S.C2H6/c1-12-19(31-2)15-6-5-14(29-17-4-3-8-25-26-17)10-16(15)30-21(28)27(12)11-13-7-9-24-20(23)18(13)22;1-2/h3-10,12,19H,11H2,1-2H3,(H2,23,24);1-2H3. The normalized spacial score (nSPS) is 17.2. The predicted molar refractivity (Wildman–Crippen MR) is 126 cm³/mol. The van der Waals surface area contributed by atoms with Crippen LogP contribution in [0.2, 0.25) is 0 Å². The van der Waals surface area contributed by atoms with Crippen LogP contribution in [0.5, 0.6) is 17.4 Å². The quantitative estimate of drug-likeness (QED) is 0.540. The minimum absolute atomic E-state index is 0.00651. The first-order valence-corrected chi connectivity index (χ1v) is 11.8. The number of hydrogen-bond donors (Lipinski definition) is 1. The van der Waals surface area contributed by atoms with E-state index in [1.807, 2.05) is 33.1 Å². The van der Waals surface area contributed by atoms with Gasteiger partial charge in [-0.25, -0.2) is 14.2 Å². The molecule has 0 radical (unpaired) electrons. The zero-order valence-corrected chi connectivity index (χ0v) is 19.7. The summed E-state index contributed by atoms with van der Waals surface area (Å²) in [6.45, 7) is 5.91. The maximum atomic E-state index is 14.4. The molecule has 0 spiro atoms. The van der Waals surface area contributed by atoms with Gasteiger partial charge in [-0.05, 0) is 31.4 Å². The highest BCUT2D eigenvalue weighted by atomic mass is 32.2. The fourth-order valence-electron chi connectivity index (χ4n) is 3.45. The molecular formula is C23H26FN5O3S. The van der Waals surface area contributed by atoms with Crippen LogP contribution in [0.3, 0.4) is 0 Å². The van der Waals surface area contributed by atoms with Crippen LogP contribution in [0.25, 0.3) is 0 Å². The summed E-state index contributed by atoms with van der Waals surface area (Å²) in [6, 6.07) is 9.91. The Balaban J connectivity index is 0.00000149. The molecule has 1 aliphatic rings. The largest absolute Gasteiger partial charge is 0.437 e. The number of aromatic nitrogens is 3. The first-order valence-electron chi connectivity index (χ1n) is 10.5. The number of carbonyl (C=O) groups is 1. The van der Waals surface area contributed by atoms with Gasteiger partial charge >= 0.3 is 6.09 Å². The molecule has 3 aromatic rings. The summed E-state index contributed by atoms with van der Waals surface area (Å²) in [5.74, 6) is 0.328. The van der Waals surface area contributed by atoms with Crippen LogP contribution in [0.15, 0.2) is 48.8 Å². The van der Waals surface area contributed by atoms with Gasteiger partial charge in [0, 0.05) is 41.7 Å². The molecule has 1 aliphatic heterocycles. The van der Waals surface area contributed by atoms with Crippen molar-refractivity contribution in [1.82, 2.24) is 20.1 Å². The van der Waals surface area contributed by atoms with Crippen LogP contribution >= 0.6 is 11.8 Å². The molecule has 3 heterocycles. The lowest BCUT2D eigenvalue weighted by molar-refractivity contribution is 0.136. The third-order valence-corrected chi connectivity index (χ3v) is 6.17. The van der Waals surface area contributed by atoms with Crippen molar-refractivity contribution < 1.29 is 18.7 Å². The Kier molecular flexibility index (Phi) is 8.05. The average Bonchev–Trinajstić information content (AvgIpc) is 2.92. The van der Waals surface area contributed by atoms with Gasteiger partial charge in [-0.3, -0.25) is 4.90 Å². The number of pyridine rings is 1. The Morgan fingerprint density at radius 2 is 2.03 bits per heavy atom. The second-order valence-corrected chi connectivity index (χ2v) is 7.90. The molecule has 1 amide bonds. The second kappa shape index (κ2) is 11.0. The molecule has 0 aliphatic carbocycles. The number of fused-ring (bicyclic) bond motifs is 1. The van der Waals surface area contributed by atoms with Crippen molar-refractivity contribution in [1.29, 1.82) is 0 Å². The fraction of sp³-hybridized carbons (Fsp3) is 0.304. The maximum Gasteiger partial charge on any atom is 0.415 e. The molecule has 2 atom stereocenters. The minimum Gasteiger partial charge on any atom is -0.437 e. The summed E-state index contributed by atoms with van der Waals surface area (Å²) in [6.07, 6.45) is 4.33. The second-order valence-electron chi connectivity index (χ2n) is 6.93. The van der Waals surface area contributed by atoms with E-state index in [0.717, 1.165) is 5.56 Å². The lowest BCUT2D eigenvalue weighted by Gasteiger charge is -2.30. The van der Waals surface area contributed by atoms with Crippen molar-refractivity contribution in [3.05, 3.63) is 65.7 Å². The summed E-state index contributed by atoms with van der Waals surface area (Å²) < 4.78 is 25.8. The molecule has 0 fully saturated rings. The minimum atomic E-state index is -0.635. The number of anilines is 1. The molecule has 0 saturated carbocycles. The fourth-order valence-corrected chi connectivity index (χ4v) is 4.44. The van der Waals surface area contributed by atoms with Crippen molar-refractivity contribution in [3.8, 4) is 17.4 Å². The number of hydrogen-bond acceptors (Lipinski definition) is 8. The van der Waals surface area contributed by atoms with Crippen LogP contribution in [0, 0.1) is 5.82 Å². The first kappa shape index (κ1) is 24.2. The molecule has 0 saturated heterocycles. The molecule has 0 bridgehead atoms. The Morgan fingerprint density at radius 1 is 1.24 bits per heavy atom. The van der Waals surface area contributed by atoms with Crippen molar-refractivity contribution in [3.63, 3.8) is 0 Å². The van der Waals surface area contributed by atoms with E-state index < -0.39 is 11.9 Å². The van der Waals surface area contributed by atoms with E-state index in [4.69, 9.17) is 15.2 Å². The van der Waals surface area contributed by atoms with Crippen molar-refractivity contribution >= 4 is 23.7 Å². The molecule has 2 aromatic heterocycles. The zero-order chi connectivity index (χ0) is 24.0. The molecule has 33 heavy (non-hydrogen) atoms. The zero-order valence-electron chi connectivity index (χ0n) is 18.9. The highest BCUT2D eigenvalue weighted by Gasteiger charge is 2.36. The summed E-state index contributed by atoms with van der Waals surface area (Å²) in [7, 11) is 0. The first-order chi connectivity index (χ1) is 16.0. The van der Waals surface area contributed by atoms with E-state index in [-0.39, 0.29) is 29.2 Å². The highest BCUT2D eigenvalue weighted by molar-refractivity contribution is 7.98. The van der Waals surface area contributed by atoms with Gasteiger partial charge in [-0.1, -0.05) is 19.9 Å². The van der Waals surface area contributed by atoms with E-state index in [1.54, 1.807) is 42.2 Å². The number of ether oxygens (including phenoxy) is 2. The molecule has 2 unspecified atom stereocenters. The number of nitrogens with two attached hydrogens (primary N) is 1. The SMILES string of the molecule is CC.CSC1c2ccc(Oc3cccnn3)cc2OC(=O)N(Cc2ccnc(N)c2F)C1C. The molecule has 1 aromatic carbocycles. The van der Waals surface area contributed by atoms with Crippen LogP contribution < -0.4 is 15.2 Å². The van der Waals surface area contributed by atoms with E-state index in [1.165, 1.54) is 17.2 Å². The summed E-state index contributed by atoms with van der Waals surface area (Å²) in [5, 5.41) is 7.57. The van der Waals surface area contributed by atoms with Gasteiger partial charge in [0.25, 0.3) is 0 Å². The third-order valence-electron chi connectivity index (χ3n) is 5.01. The van der Waals surface area contributed by atoms with Gasteiger partial charge in [-0.15, -0.1) is 5.10 Å². The monoisotopic (exact) mass is 471 g/mol. The lowest BCUT2D eigenvalue weighted by atomic mass is 10.0. The van der Waals surface area contributed by atoms with Gasteiger partial charge in [-0.2, -0.15) is 16.9 Å². The van der Waals surface area contributed by atoms with E-state index in [9.17, 15) is 9.18 Å². The van der Waals surface area contributed by atoms with Gasteiger partial charge in [0.2, 0.25) is 5.88 Å². The number of nitrogens with zero attached hydrogens (tertiary/aromatic N) is 4. The smallest absolute Gasteiger partial charge is 0.415 e. The molecule has 4 rings (SSSR count). The van der Waals surface area contributed by atoms with Crippen LogP contribution in [0.1, 0.15) is 37.1 Å². The lowest BCUT2D eigenvalue weighted by Crippen LogP contribution is -2.40. The molecule has 8 nitrogen and oxygen atoms in total. The molecule has 174 valence electrons. The number of carbonyl (C=O) groups excluding carboxylic acids is 1. The molecule has 10 heteroatoms. The Hall–Kier alpha value is -3.40. The van der Waals surface area contributed by atoms with Crippen LogP contribution in [0.4, 0.5) is 15.0 Å². The Labute approximate surface area is 196 Å². The summed E-state index contributed by atoms with van der Waals surface area (Å²) in [5.41, 5.74) is 6.70. The summed E-state index contributed by atoms with van der Waals surface area (Å²) >= 11 is 1.58. The van der Waals surface area contributed by atoms with Gasteiger partial charge in [0.15, 0.2) is 11.6 Å². The number of thioether (sulfide) groups is 1. The summed E-state index contributed by atoms with van der Waals surface area (Å²) in [4.78, 5) is 18.2. The van der Waals surface area contributed by atoms with Gasteiger partial charge < -0.3 is 15.2 Å². The van der Waals surface area contributed by atoms with Crippen molar-refractivity contribution in [2.24, 2.45) is 0 Å². The number of benzene rings is 1.